The van der Waals surface area contributed by atoms with Gasteiger partial charge in [-0.1, -0.05) is 0 Å². The lowest BCUT2D eigenvalue weighted by Crippen LogP contribution is -2.58. The molecule has 2 N–H and O–H groups in total. The number of hydrogen-bond donors (Lipinski definition) is 2. The number of rotatable bonds is 1. The summed E-state index contributed by atoms with van der Waals surface area (Å²) in [5.41, 5.74) is 0. The van der Waals surface area contributed by atoms with E-state index >= 15 is 0 Å². The van der Waals surface area contributed by atoms with Crippen LogP contribution in [0.15, 0.2) is 0 Å². The number of aliphatic hydroxyl groups excluding tert-OH is 1. The standard InChI is InChI=1S/C10H18N2O2/c1-7-9(3-2-4-11-7)10(14)12-5-8(13)6-12/h7-9,11,13H,2-6H2,1H3/t7-,9-/m1/s1. The van der Waals surface area contributed by atoms with Crippen LogP contribution in [0.1, 0.15) is 19.8 Å². The lowest BCUT2D eigenvalue weighted by atomic mass is 9.89. The lowest BCUT2D eigenvalue weighted by Gasteiger charge is -2.40. The first-order valence-electron chi connectivity index (χ1n) is 5.38. The maximum absolute atomic E-state index is 11.9. The van der Waals surface area contributed by atoms with Crippen molar-refractivity contribution in [3.8, 4) is 0 Å². The van der Waals surface area contributed by atoms with Gasteiger partial charge in [0.25, 0.3) is 0 Å². The molecule has 0 aromatic rings. The van der Waals surface area contributed by atoms with Gasteiger partial charge < -0.3 is 15.3 Å². The number of β-amino-alcohol motifs (C(OH)–C–C–N with tert-alkyl or cyclic N) is 1. The van der Waals surface area contributed by atoms with Gasteiger partial charge >= 0.3 is 0 Å². The molecule has 2 rings (SSSR count). The van der Waals surface area contributed by atoms with Crippen LogP contribution in [-0.4, -0.2) is 47.7 Å². The summed E-state index contributed by atoms with van der Waals surface area (Å²) in [5.74, 6) is 0.339. The maximum atomic E-state index is 11.9. The first-order valence-corrected chi connectivity index (χ1v) is 5.38. The second-order valence-electron chi connectivity index (χ2n) is 4.39. The van der Waals surface area contributed by atoms with E-state index in [-0.39, 0.29) is 24.0 Å². The number of nitrogens with one attached hydrogen (secondary N) is 1. The highest BCUT2D eigenvalue weighted by Gasteiger charge is 2.36. The van der Waals surface area contributed by atoms with Gasteiger partial charge in [0.2, 0.25) is 5.91 Å². The van der Waals surface area contributed by atoms with Crippen molar-refractivity contribution in [1.29, 1.82) is 0 Å². The summed E-state index contributed by atoms with van der Waals surface area (Å²) in [6, 6.07) is 0.286. The Morgan fingerprint density at radius 2 is 2.21 bits per heavy atom. The highest BCUT2D eigenvalue weighted by atomic mass is 16.3. The van der Waals surface area contributed by atoms with Crippen LogP contribution in [0.5, 0.6) is 0 Å². The van der Waals surface area contributed by atoms with Crippen molar-refractivity contribution in [2.75, 3.05) is 19.6 Å². The minimum absolute atomic E-state index is 0.122. The zero-order chi connectivity index (χ0) is 10.1. The van der Waals surface area contributed by atoms with Crippen LogP contribution < -0.4 is 5.32 Å². The first kappa shape index (κ1) is 9.93. The molecule has 14 heavy (non-hydrogen) atoms. The van der Waals surface area contributed by atoms with Crippen LogP contribution in [0.25, 0.3) is 0 Å². The van der Waals surface area contributed by atoms with E-state index in [1.165, 1.54) is 0 Å². The number of hydrogen-bond acceptors (Lipinski definition) is 3. The van der Waals surface area contributed by atoms with Crippen molar-refractivity contribution in [2.45, 2.75) is 31.9 Å². The number of aliphatic hydroxyl groups is 1. The number of carbonyl (C=O) groups is 1. The summed E-state index contributed by atoms with van der Waals surface area (Å²) in [7, 11) is 0. The SMILES string of the molecule is C[C@H]1NCCC[C@H]1C(=O)N1CC(O)C1. The third-order valence-electron chi connectivity index (χ3n) is 3.25. The molecule has 0 aliphatic carbocycles. The third-order valence-corrected chi connectivity index (χ3v) is 3.25. The molecule has 80 valence electrons. The monoisotopic (exact) mass is 198 g/mol. The van der Waals surface area contributed by atoms with Gasteiger partial charge in [-0.15, -0.1) is 0 Å². The predicted octanol–water partition coefficient (Wildman–Crippen LogP) is -0.422. The number of nitrogens with zero attached hydrogens (tertiary/aromatic N) is 1. The second-order valence-corrected chi connectivity index (χ2v) is 4.39. The summed E-state index contributed by atoms with van der Waals surface area (Å²) in [6.07, 6.45) is 1.78. The molecular weight excluding hydrogens is 180 g/mol. The molecule has 2 atom stereocenters. The van der Waals surface area contributed by atoms with Gasteiger partial charge in [0, 0.05) is 19.1 Å². The smallest absolute Gasteiger partial charge is 0.227 e. The van der Waals surface area contributed by atoms with Gasteiger partial charge in [-0.25, -0.2) is 0 Å². The van der Waals surface area contributed by atoms with Crippen molar-refractivity contribution in [1.82, 2.24) is 10.2 Å². The van der Waals surface area contributed by atoms with Gasteiger partial charge in [-0.2, -0.15) is 0 Å². The quantitative estimate of drug-likeness (QED) is 0.601. The zero-order valence-electron chi connectivity index (χ0n) is 8.57. The average molecular weight is 198 g/mol. The Kier molecular flexibility index (Phi) is 2.74. The van der Waals surface area contributed by atoms with Crippen LogP contribution in [0.3, 0.4) is 0 Å². The van der Waals surface area contributed by atoms with Crippen molar-refractivity contribution >= 4 is 5.91 Å². The summed E-state index contributed by atoms with van der Waals surface area (Å²) in [6.45, 7) is 4.15. The molecular formula is C10H18N2O2. The Morgan fingerprint density at radius 1 is 1.50 bits per heavy atom. The normalized spacial score (nSPS) is 34.0. The first-order chi connectivity index (χ1) is 6.68. The number of likely N-dealkylation sites (tertiary alicyclic amines) is 1. The fourth-order valence-corrected chi connectivity index (χ4v) is 2.25. The molecule has 2 heterocycles. The predicted molar refractivity (Wildman–Crippen MR) is 52.8 cm³/mol. The van der Waals surface area contributed by atoms with Crippen molar-refractivity contribution in [2.24, 2.45) is 5.92 Å². The van der Waals surface area contributed by atoms with Crippen LogP contribution >= 0.6 is 0 Å². The molecule has 0 bridgehead atoms. The Morgan fingerprint density at radius 3 is 2.79 bits per heavy atom. The largest absolute Gasteiger partial charge is 0.389 e. The van der Waals surface area contributed by atoms with Gasteiger partial charge in [-0.05, 0) is 26.3 Å². The van der Waals surface area contributed by atoms with E-state index in [0.29, 0.717) is 13.1 Å². The molecule has 0 aromatic heterocycles. The number of piperidine rings is 1. The van der Waals surface area contributed by atoms with Gasteiger partial charge in [0.05, 0.1) is 12.0 Å². The Labute approximate surface area is 84.3 Å². The highest BCUT2D eigenvalue weighted by molar-refractivity contribution is 5.80. The molecule has 0 saturated carbocycles. The van der Waals surface area contributed by atoms with E-state index in [9.17, 15) is 4.79 Å². The van der Waals surface area contributed by atoms with Crippen LogP contribution in [0, 0.1) is 5.92 Å². The number of carbonyl (C=O) groups excluding carboxylic acids is 1. The Balaban J connectivity index is 1.90. The van der Waals surface area contributed by atoms with Crippen molar-refractivity contribution in [3.05, 3.63) is 0 Å². The fourth-order valence-electron chi connectivity index (χ4n) is 2.25. The average Bonchev–Trinajstić information content (AvgIpc) is 2.13. The van der Waals surface area contributed by atoms with E-state index in [0.717, 1.165) is 19.4 Å². The third kappa shape index (κ3) is 1.77. The molecule has 0 radical (unpaired) electrons. The summed E-state index contributed by atoms with van der Waals surface area (Å²) < 4.78 is 0. The van der Waals surface area contributed by atoms with Gasteiger partial charge in [-0.3, -0.25) is 4.79 Å². The van der Waals surface area contributed by atoms with Crippen LogP contribution in [0.2, 0.25) is 0 Å². The molecule has 2 aliphatic rings. The number of amides is 1. The summed E-state index contributed by atoms with van der Waals surface area (Å²) in [5, 5.41) is 12.4. The van der Waals surface area contributed by atoms with E-state index in [1.54, 1.807) is 4.90 Å². The molecule has 0 spiro atoms. The second kappa shape index (κ2) is 3.87. The van der Waals surface area contributed by atoms with E-state index in [2.05, 4.69) is 12.2 Å². The zero-order valence-corrected chi connectivity index (χ0v) is 8.57. The summed E-state index contributed by atoms with van der Waals surface area (Å²) >= 11 is 0. The highest BCUT2D eigenvalue weighted by Crippen LogP contribution is 2.21. The van der Waals surface area contributed by atoms with Crippen LogP contribution in [0.4, 0.5) is 0 Å². The Bertz CT molecular complexity index is 226. The van der Waals surface area contributed by atoms with Crippen molar-refractivity contribution < 1.29 is 9.90 Å². The van der Waals surface area contributed by atoms with Gasteiger partial charge in [0.15, 0.2) is 0 Å². The Hall–Kier alpha value is -0.610. The molecule has 4 nitrogen and oxygen atoms in total. The molecule has 4 heteroatoms. The molecule has 2 aliphatic heterocycles. The molecule has 0 aromatic carbocycles. The minimum Gasteiger partial charge on any atom is -0.389 e. The topological polar surface area (TPSA) is 52.6 Å². The summed E-state index contributed by atoms with van der Waals surface area (Å²) in [4.78, 5) is 13.7. The van der Waals surface area contributed by atoms with Gasteiger partial charge in [0.1, 0.15) is 0 Å². The lowest BCUT2D eigenvalue weighted by molar-refractivity contribution is -0.147. The van der Waals surface area contributed by atoms with E-state index < -0.39 is 0 Å². The van der Waals surface area contributed by atoms with Crippen LogP contribution in [-0.2, 0) is 4.79 Å². The van der Waals surface area contributed by atoms with E-state index in [4.69, 9.17) is 5.11 Å². The maximum Gasteiger partial charge on any atom is 0.227 e. The fraction of sp³-hybridized carbons (Fsp3) is 0.900. The molecule has 2 saturated heterocycles. The van der Waals surface area contributed by atoms with E-state index in [1.807, 2.05) is 0 Å². The minimum atomic E-state index is -0.286. The molecule has 1 amide bonds. The molecule has 0 unspecified atom stereocenters. The molecule has 2 fully saturated rings. The van der Waals surface area contributed by atoms with Crippen molar-refractivity contribution in [3.63, 3.8) is 0 Å².